The largest absolute Gasteiger partial charge is 0.480 e. The molecule has 1 aliphatic rings. The van der Waals surface area contributed by atoms with Crippen LogP contribution < -0.4 is 11.1 Å². The molecule has 1 saturated carbocycles. The summed E-state index contributed by atoms with van der Waals surface area (Å²) in [6.45, 7) is 0. The molecule has 1 heterocycles. The molecule has 1 aromatic heterocycles. The summed E-state index contributed by atoms with van der Waals surface area (Å²) in [4.78, 5) is 39.3. The van der Waals surface area contributed by atoms with Gasteiger partial charge >= 0.3 is 11.9 Å². The molecule has 1 fully saturated rings. The highest BCUT2D eigenvalue weighted by Gasteiger charge is 2.27. The second-order valence-electron chi connectivity index (χ2n) is 7.86. The van der Waals surface area contributed by atoms with Crippen LogP contribution in [0.3, 0.4) is 0 Å². The number of H-pyrrole nitrogens is 1. The maximum Gasteiger partial charge on any atom is 0.329 e. The number of carbonyl (C=O) groups excluding carboxylic acids is 2. The number of ether oxygens (including phenoxy) is 1. The van der Waals surface area contributed by atoms with Gasteiger partial charge in [-0.2, -0.15) is 0 Å². The Morgan fingerprint density at radius 3 is 2.67 bits per heavy atom. The quantitative estimate of drug-likeness (QED) is 0.464. The Labute approximate surface area is 175 Å². The number of aromatic nitrogens is 1. The number of hydrogen-bond donors (Lipinski definition) is 4. The molecule has 8 heteroatoms. The number of esters is 1. The molecule has 0 bridgehead atoms. The zero-order valence-corrected chi connectivity index (χ0v) is 16.9. The van der Waals surface area contributed by atoms with E-state index in [-0.39, 0.29) is 25.4 Å². The van der Waals surface area contributed by atoms with E-state index >= 15 is 0 Å². The summed E-state index contributed by atoms with van der Waals surface area (Å²) >= 11 is 0. The lowest BCUT2D eigenvalue weighted by Gasteiger charge is -2.25. The molecule has 0 radical (unpaired) electrons. The molecule has 3 rings (SSSR count). The second-order valence-corrected chi connectivity index (χ2v) is 7.86. The molecule has 8 nitrogen and oxygen atoms in total. The highest BCUT2D eigenvalue weighted by molar-refractivity contribution is 5.87. The number of nitrogens with two attached hydrogens (primary N) is 1. The molecule has 1 amide bonds. The van der Waals surface area contributed by atoms with Crippen LogP contribution in [0, 0.1) is 0 Å². The van der Waals surface area contributed by atoms with E-state index < -0.39 is 29.9 Å². The number of carboxylic acid groups (broad SMARTS) is 1. The van der Waals surface area contributed by atoms with Crippen molar-refractivity contribution in [1.82, 2.24) is 10.3 Å². The summed E-state index contributed by atoms with van der Waals surface area (Å²) in [6, 6.07) is 5.78. The number of amides is 1. The Morgan fingerprint density at radius 2 is 1.93 bits per heavy atom. The van der Waals surface area contributed by atoms with E-state index in [2.05, 4.69) is 10.3 Å². The van der Waals surface area contributed by atoms with Gasteiger partial charge in [0.25, 0.3) is 0 Å². The molecule has 162 valence electrons. The van der Waals surface area contributed by atoms with Crippen molar-refractivity contribution < 1.29 is 24.2 Å². The number of aromatic amines is 1. The number of para-hydroxylation sites is 1. The molecule has 2 aromatic rings. The molecule has 0 spiro atoms. The van der Waals surface area contributed by atoms with Crippen LogP contribution in [0.2, 0.25) is 0 Å². The molecular formula is C22H29N3O5. The SMILES string of the molecule is N[C@H](CCC(=O)N[C@H](Cc1c[nH]c2ccccc12)C(=O)OC1CCCCC1)C(=O)O. The average Bonchev–Trinajstić information content (AvgIpc) is 3.15. The van der Waals surface area contributed by atoms with Crippen molar-refractivity contribution in [3.8, 4) is 0 Å². The van der Waals surface area contributed by atoms with Crippen LogP contribution in [-0.4, -0.2) is 46.1 Å². The minimum atomic E-state index is -1.16. The van der Waals surface area contributed by atoms with Crippen LogP contribution >= 0.6 is 0 Å². The van der Waals surface area contributed by atoms with Crippen LogP contribution in [0.15, 0.2) is 30.5 Å². The maximum absolute atomic E-state index is 12.9. The number of fused-ring (bicyclic) bond motifs is 1. The molecular weight excluding hydrogens is 386 g/mol. The van der Waals surface area contributed by atoms with E-state index in [1.807, 2.05) is 30.5 Å². The number of hydrogen-bond acceptors (Lipinski definition) is 5. The highest BCUT2D eigenvalue weighted by Crippen LogP contribution is 2.23. The van der Waals surface area contributed by atoms with Crippen molar-refractivity contribution in [3.05, 3.63) is 36.0 Å². The fraction of sp³-hybridized carbons (Fsp3) is 0.500. The van der Waals surface area contributed by atoms with Gasteiger partial charge in [-0.3, -0.25) is 9.59 Å². The third-order valence-corrected chi connectivity index (χ3v) is 5.55. The number of carbonyl (C=O) groups is 3. The van der Waals surface area contributed by atoms with Gasteiger partial charge in [-0.1, -0.05) is 24.6 Å². The van der Waals surface area contributed by atoms with Crippen molar-refractivity contribution in [2.45, 2.75) is 69.6 Å². The summed E-state index contributed by atoms with van der Waals surface area (Å²) < 4.78 is 5.70. The van der Waals surface area contributed by atoms with Crippen LogP contribution in [0.1, 0.15) is 50.5 Å². The van der Waals surface area contributed by atoms with Gasteiger partial charge in [-0.05, 0) is 43.7 Å². The Bertz CT molecular complexity index is 888. The fourth-order valence-electron chi connectivity index (χ4n) is 3.82. The van der Waals surface area contributed by atoms with Crippen LogP contribution in [0.4, 0.5) is 0 Å². The first-order valence-electron chi connectivity index (χ1n) is 10.5. The van der Waals surface area contributed by atoms with Gasteiger partial charge in [-0.15, -0.1) is 0 Å². The zero-order chi connectivity index (χ0) is 21.5. The van der Waals surface area contributed by atoms with Crippen molar-refractivity contribution in [2.75, 3.05) is 0 Å². The lowest BCUT2D eigenvalue weighted by molar-refractivity contribution is -0.154. The molecule has 0 unspecified atom stereocenters. The van der Waals surface area contributed by atoms with Crippen molar-refractivity contribution in [2.24, 2.45) is 5.73 Å². The topological polar surface area (TPSA) is 135 Å². The van der Waals surface area contributed by atoms with Crippen molar-refractivity contribution >= 4 is 28.7 Å². The first kappa shape index (κ1) is 21.8. The Hall–Kier alpha value is -2.87. The number of rotatable bonds is 9. The van der Waals surface area contributed by atoms with E-state index in [4.69, 9.17) is 15.6 Å². The molecule has 5 N–H and O–H groups in total. The fourth-order valence-corrected chi connectivity index (χ4v) is 3.82. The maximum atomic E-state index is 12.9. The molecule has 1 aliphatic carbocycles. The summed E-state index contributed by atoms with van der Waals surface area (Å²) in [6.07, 6.45) is 6.81. The molecule has 1 aromatic carbocycles. The predicted molar refractivity (Wildman–Crippen MR) is 112 cm³/mol. The smallest absolute Gasteiger partial charge is 0.329 e. The van der Waals surface area contributed by atoms with E-state index in [0.717, 1.165) is 48.6 Å². The zero-order valence-electron chi connectivity index (χ0n) is 16.9. The normalized spacial score (nSPS) is 16.7. The Kier molecular flexibility index (Phi) is 7.46. The Morgan fingerprint density at radius 1 is 1.20 bits per heavy atom. The lowest BCUT2D eigenvalue weighted by atomic mass is 9.97. The third-order valence-electron chi connectivity index (χ3n) is 5.55. The van der Waals surface area contributed by atoms with Gasteiger partial charge in [0, 0.05) is 29.9 Å². The van der Waals surface area contributed by atoms with E-state index in [0.29, 0.717) is 0 Å². The van der Waals surface area contributed by atoms with Crippen LogP contribution in [0.5, 0.6) is 0 Å². The minimum absolute atomic E-state index is 0.00134. The van der Waals surface area contributed by atoms with Crippen molar-refractivity contribution in [1.29, 1.82) is 0 Å². The number of nitrogens with one attached hydrogen (secondary N) is 2. The first-order chi connectivity index (χ1) is 14.4. The third kappa shape index (κ3) is 5.82. The van der Waals surface area contributed by atoms with E-state index in [1.165, 1.54) is 0 Å². The van der Waals surface area contributed by atoms with Gasteiger partial charge in [0.15, 0.2) is 0 Å². The minimum Gasteiger partial charge on any atom is -0.480 e. The number of benzene rings is 1. The molecule has 2 atom stereocenters. The standard InChI is InChI=1S/C22H29N3O5/c23-17(21(27)28)10-11-20(26)25-19(22(29)30-15-6-2-1-3-7-15)12-14-13-24-18-9-5-4-8-16(14)18/h4-5,8-9,13,15,17,19,24H,1-3,6-7,10-12,23H2,(H,25,26)(H,27,28)/t17-,19-/m1/s1. The van der Waals surface area contributed by atoms with Gasteiger partial charge in [-0.25, -0.2) is 4.79 Å². The van der Waals surface area contributed by atoms with Crippen LogP contribution in [0.25, 0.3) is 10.9 Å². The van der Waals surface area contributed by atoms with Gasteiger partial charge < -0.3 is 25.9 Å². The lowest BCUT2D eigenvalue weighted by Crippen LogP contribution is -2.45. The average molecular weight is 415 g/mol. The van der Waals surface area contributed by atoms with E-state index in [9.17, 15) is 14.4 Å². The molecule has 0 aliphatic heterocycles. The van der Waals surface area contributed by atoms with Gasteiger partial charge in [0.1, 0.15) is 18.2 Å². The Balaban J connectivity index is 1.69. The summed E-state index contributed by atoms with van der Waals surface area (Å²) in [5.74, 6) is -2.03. The van der Waals surface area contributed by atoms with Gasteiger partial charge in [0.2, 0.25) is 5.91 Å². The highest BCUT2D eigenvalue weighted by atomic mass is 16.5. The second kappa shape index (κ2) is 10.2. The molecule has 30 heavy (non-hydrogen) atoms. The van der Waals surface area contributed by atoms with Crippen molar-refractivity contribution in [3.63, 3.8) is 0 Å². The molecule has 0 saturated heterocycles. The predicted octanol–water partition coefficient (Wildman–Crippen LogP) is 2.26. The number of aliphatic carboxylic acids is 1. The summed E-state index contributed by atoms with van der Waals surface area (Å²) in [5, 5.41) is 12.6. The van der Waals surface area contributed by atoms with Gasteiger partial charge in [0.05, 0.1) is 0 Å². The summed E-state index contributed by atoms with van der Waals surface area (Å²) in [5.41, 5.74) is 7.33. The van der Waals surface area contributed by atoms with Crippen LogP contribution in [-0.2, 0) is 25.5 Å². The first-order valence-corrected chi connectivity index (χ1v) is 10.5. The monoisotopic (exact) mass is 415 g/mol. The summed E-state index contributed by atoms with van der Waals surface area (Å²) in [7, 11) is 0. The number of carboxylic acids is 1. The van der Waals surface area contributed by atoms with E-state index in [1.54, 1.807) is 0 Å².